The summed E-state index contributed by atoms with van der Waals surface area (Å²) in [6.45, 7) is 4.62. The van der Waals surface area contributed by atoms with Crippen LogP contribution in [0, 0.1) is 0 Å². The highest BCUT2D eigenvalue weighted by molar-refractivity contribution is 6.35. The van der Waals surface area contributed by atoms with Crippen molar-refractivity contribution in [1.82, 2.24) is 15.5 Å². The fraction of sp³-hybridized carbons (Fsp3) is 0.440. The number of nitrogens with zero attached hydrogens (tertiary/aromatic N) is 2. The van der Waals surface area contributed by atoms with Crippen LogP contribution in [0.2, 0.25) is 5.02 Å². The van der Waals surface area contributed by atoms with Crippen molar-refractivity contribution in [3.63, 3.8) is 0 Å². The molecule has 2 aliphatic rings. The summed E-state index contributed by atoms with van der Waals surface area (Å²) in [5.41, 5.74) is 4.65. The third-order valence-electron chi connectivity index (χ3n) is 6.35. The molecule has 0 spiro atoms. The number of aryl methyl sites for hydroxylation is 1. The van der Waals surface area contributed by atoms with E-state index in [2.05, 4.69) is 45.7 Å². The van der Waals surface area contributed by atoms with E-state index in [0.717, 1.165) is 43.6 Å². The molecule has 2 aromatic carbocycles. The lowest BCUT2D eigenvalue weighted by Crippen LogP contribution is -2.46. The van der Waals surface area contributed by atoms with Gasteiger partial charge in [-0.05, 0) is 47.7 Å². The van der Waals surface area contributed by atoms with Gasteiger partial charge in [0, 0.05) is 50.5 Å². The Morgan fingerprint density at radius 3 is 2.52 bits per heavy atom. The minimum atomic E-state index is -0.641. The minimum Gasteiger partial charge on any atom is -0.379 e. The Morgan fingerprint density at radius 2 is 1.76 bits per heavy atom. The standard InChI is InChI=1S/C25H31ClN4O3/c1-29-10-2-3-19-15-20(6-9-22(19)29)23(30-11-13-33-14-12-30)17-28-25(32)24(31)27-16-18-4-7-21(26)8-5-18/h4-9,15,23H,2-3,10-14,16-17H2,1H3,(H,27,31)(H,28,32). The first-order chi connectivity index (χ1) is 16.0. The summed E-state index contributed by atoms with van der Waals surface area (Å²) >= 11 is 5.89. The number of nitrogens with one attached hydrogen (secondary N) is 2. The van der Waals surface area contributed by atoms with Crippen molar-refractivity contribution in [2.75, 3.05) is 51.3 Å². The molecular weight excluding hydrogens is 440 g/mol. The van der Waals surface area contributed by atoms with E-state index in [4.69, 9.17) is 16.3 Å². The number of hydrogen-bond donors (Lipinski definition) is 2. The van der Waals surface area contributed by atoms with Gasteiger partial charge in [0.15, 0.2) is 0 Å². The van der Waals surface area contributed by atoms with Crippen molar-refractivity contribution in [3.8, 4) is 0 Å². The normalized spacial score (nSPS) is 17.2. The number of morpholine rings is 1. The van der Waals surface area contributed by atoms with Crippen molar-refractivity contribution in [2.24, 2.45) is 0 Å². The van der Waals surface area contributed by atoms with E-state index >= 15 is 0 Å². The van der Waals surface area contributed by atoms with Gasteiger partial charge in [-0.3, -0.25) is 14.5 Å². The van der Waals surface area contributed by atoms with E-state index in [1.165, 1.54) is 11.3 Å². The summed E-state index contributed by atoms with van der Waals surface area (Å²) in [7, 11) is 2.12. The monoisotopic (exact) mass is 470 g/mol. The molecule has 0 radical (unpaired) electrons. The number of anilines is 1. The topological polar surface area (TPSA) is 73.9 Å². The van der Waals surface area contributed by atoms with Gasteiger partial charge in [0.2, 0.25) is 0 Å². The summed E-state index contributed by atoms with van der Waals surface area (Å²) in [5, 5.41) is 6.15. The summed E-state index contributed by atoms with van der Waals surface area (Å²) in [6, 6.07) is 13.7. The highest BCUT2D eigenvalue weighted by Crippen LogP contribution is 2.30. The largest absolute Gasteiger partial charge is 0.379 e. The van der Waals surface area contributed by atoms with Crippen LogP contribution in [0.25, 0.3) is 0 Å². The van der Waals surface area contributed by atoms with Crippen molar-refractivity contribution >= 4 is 29.1 Å². The first-order valence-electron chi connectivity index (χ1n) is 11.5. The number of carbonyl (C=O) groups is 2. The molecule has 7 nitrogen and oxygen atoms in total. The Balaban J connectivity index is 1.40. The van der Waals surface area contributed by atoms with Gasteiger partial charge in [0.05, 0.1) is 19.3 Å². The van der Waals surface area contributed by atoms with Crippen LogP contribution in [0.5, 0.6) is 0 Å². The van der Waals surface area contributed by atoms with Crippen molar-refractivity contribution in [3.05, 3.63) is 64.2 Å². The van der Waals surface area contributed by atoms with Crippen LogP contribution in [0.15, 0.2) is 42.5 Å². The van der Waals surface area contributed by atoms with E-state index in [0.29, 0.717) is 24.8 Å². The van der Waals surface area contributed by atoms with Crippen molar-refractivity contribution in [2.45, 2.75) is 25.4 Å². The van der Waals surface area contributed by atoms with Gasteiger partial charge in [-0.15, -0.1) is 0 Å². The van der Waals surface area contributed by atoms with Crippen molar-refractivity contribution < 1.29 is 14.3 Å². The quantitative estimate of drug-likeness (QED) is 0.635. The molecule has 1 saturated heterocycles. The average molecular weight is 471 g/mol. The molecule has 0 aromatic heterocycles. The maximum Gasteiger partial charge on any atom is 0.309 e. The molecule has 2 heterocycles. The summed E-state index contributed by atoms with van der Waals surface area (Å²) < 4.78 is 5.53. The molecule has 0 aliphatic carbocycles. The fourth-order valence-electron chi connectivity index (χ4n) is 4.49. The zero-order chi connectivity index (χ0) is 23.2. The predicted molar refractivity (Wildman–Crippen MR) is 129 cm³/mol. The molecule has 176 valence electrons. The highest BCUT2D eigenvalue weighted by Gasteiger charge is 2.26. The van der Waals surface area contributed by atoms with Gasteiger partial charge in [-0.25, -0.2) is 0 Å². The third-order valence-corrected chi connectivity index (χ3v) is 6.61. The maximum atomic E-state index is 12.5. The summed E-state index contributed by atoms with van der Waals surface area (Å²) in [4.78, 5) is 29.5. The molecule has 1 fully saturated rings. The molecule has 8 heteroatoms. The fourth-order valence-corrected chi connectivity index (χ4v) is 4.62. The van der Waals surface area contributed by atoms with Crippen LogP contribution >= 0.6 is 11.6 Å². The molecule has 1 atom stereocenters. The molecule has 2 amide bonds. The highest BCUT2D eigenvalue weighted by atomic mass is 35.5. The Hall–Kier alpha value is -2.61. The lowest BCUT2D eigenvalue weighted by atomic mass is 9.95. The van der Waals surface area contributed by atoms with Crippen LogP contribution in [0.4, 0.5) is 5.69 Å². The number of ether oxygens (including phenoxy) is 1. The summed E-state index contributed by atoms with van der Waals surface area (Å²) in [6.07, 6.45) is 2.20. The van der Waals surface area contributed by atoms with Gasteiger partial charge < -0.3 is 20.3 Å². The first kappa shape index (κ1) is 23.5. The molecule has 4 rings (SSSR count). The molecule has 33 heavy (non-hydrogen) atoms. The third kappa shape index (κ3) is 6.05. The smallest absolute Gasteiger partial charge is 0.309 e. The second-order valence-electron chi connectivity index (χ2n) is 8.60. The van der Waals surface area contributed by atoms with Crippen LogP contribution < -0.4 is 15.5 Å². The molecule has 1 unspecified atom stereocenters. The Bertz CT molecular complexity index is 976. The second kappa shape index (κ2) is 11.0. The number of carbonyl (C=O) groups excluding carboxylic acids is 2. The number of rotatable bonds is 6. The zero-order valence-electron chi connectivity index (χ0n) is 19.0. The summed E-state index contributed by atoms with van der Waals surface area (Å²) in [5.74, 6) is -1.27. The van der Waals surface area contributed by atoms with E-state index in [-0.39, 0.29) is 12.6 Å². The van der Waals surface area contributed by atoms with Gasteiger partial charge >= 0.3 is 11.8 Å². The Labute approximate surface area is 200 Å². The zero-order valence-corrected chi connectivity index (χ0v) is 19.7. The van der Waals surface area contributed by atoms with E-state index < -0.39 is 11.8 Å². The predicted octanol–water partition coefficient (Wildman–Crippen LogP) is 2.53. The average Bonchev–Trinajstić information content (AvgIpc) is 2.84. The van der Waals surface area contributed by atoms with Gasteiger partial charge in [-0.1, -0.05) is 35.9 Å². The van der Waals surface area contributed by atoms with Crippen molar-refractivity contribution in [1.29, 1.82) is 0 Å². The van der Waals surface area contributed by atoms with Gasteiger partial charge in [-0.2, -0.15) is 0 Å². The van der Waals surface area contributed by atoms with E-state index in [1.54, 1.807) is 12.1 Å². The number of benzene rings is 2. The number of hydrogen-bond acceptors (Lipinski definition) is 5. The number of halogens is 1. The minimum absolute atomic E-state index is 0.0144. The van der Waals surface area contributed by atoms with E-state index in [9.17, 15) is 9.59 Å². The lowest BCUT2D eigenvalue weighted by Gasteiger charge is -2.36. The molecule has 0 saturated carbocycles. The van der Waals surface area contributed by atoms with Crippen LogP contribution in [-0.2, 0) is 27.3 Å². The SMILES string of the molecule is CN1CCCc2cc(C(CNC(=O)C(=O)NCc3ccc(Cl)cc3)N3CCOCC3)ccc21. The first-order valence-corrected chi connectivity index (χ1v) is 11.9. The lowest BCUT2D eigenvalue weighted by molar-refractivity contribution is -0.139. The molecular formula is C25H31ClN4O3. The molecule has 2 aromatic rings. The van der Waals surface area contributed by atoms with E-state index in [1.807, 2.05) is 12.1 Å². The number of fused-ring (bicyclic) bond motifs is 1. The molecule has 2 aliphatic heterocycles. The van der Waals surface area contributed by atoms with Gasteiger partial charge in [0.25, 0.3) is 0 Å². The maximum absolute atomic E-state index is 12.5. The molecule has 0 bridgehead atoms. The Morgan fingerprint density at radius 1 is 1.03 bits per heavy atom. The Kier molecular flexibility index (Phi) is 7.85. The molecule has 2 N–H and O–H groups in total. The van der Waals surface area contributed by atoms with Crippen LogP contribution in [0.1, 0.15) is 29.2 Å². The van der Waals surface area contributed by atoms with Crippen LogP contribution in [-0.4, -0.2) is 63.2 Å². The van der Waals surface area contributed by atoms with Crippen LogP contribution in [0.3, 0.4) is 0 Å². The van der Waals surface area contributed by atoms with Gasteiger partial charge in [0.1, 0.15) is 0 Å². The second-order valence-corrected chi connectivity index (χ2v) is 9.03. The number of amides is 2.